The van der Waals surface area contributed by atoms with Crippen molar-refractivity contribution in [2.75, 3.05) is 6.61 Å². The Morgan fingerprint density at radius 2 is 1.07 bits per heavy atom. The molecule has 1 saturated carbocycles. The van der Waals surface area contributed by atoms with Gasteiger partial charge >= 0.3 is 0 Å². The molecule has 0 spiro atoms. The fourth-order valence-corrected chi connectivity index (χ4v) is 18.1. The summed E-state index contributed by atoms with van der Waals surface area (Å²) in [7, 11) is -6.53. The van der Waals surface area contributed by atoms with Crippen LogP contribution < -0.4 is 10.4 Å². The Morgan fingerprint density at radius 1 is 0.674 bits per heavy atom. The molecule has 2 aromatic carbocycles. The zero-order valence-electron chi connectivity index (χ0n) is 28.7. The average Bonchev–Trinajstić information content (AvgIpc) is 3.34. The van der Waals surface area contributed by atoms with E-state index >= 15 is 0 Å². The van der Waals surface area contributed by atoms with Gasteiger partial charge in [0.2, 0.25) is 0 Å². The van der Waals surface area contributed by atoms with E-state index in [0.29, 0.717) is 13.0 Å². The van der Waals surface area contributed by atoms with E-state index in [-0.39, 0.29) is 29.1 Å². The predicted octanol–water partition coefficient (Wildman–Crippen LogP) is 8.57. The second kappa shape index (κ2) is 15.8. The molecule has 0 aliphatic heterocycles. The average molecular weight is 641 g/mol. The minimum Gasteiger partial charge on any atom is -0.414 e. The molecule has 0 radical (unpaired) electrons. The zero-order chi connectivity index (χ0) is 31.7. The van der Waals surface area contributed by atoms with Crippen LogP contribution in [0.25, 0.3) is 0 Å². The first-order chi connectivity index (χ1) is 20.5. The normalized spacial score (nSPS) is 21.7. The Kier molecular flexibility index (Phi) is 13.2. The molecule has 0 bridgehead atoms. The van der Waals surface area contributed by atoms with Crippen LogP contribution in [-0.4, -0.2) is 50.1 Å². The summed E-state index contributed by atoms with van der Waals surface area (Å²) >= 11 is 0. The highest BCUT2D eigenvalue weighted by atomic mass is 28.4. The van der Waals surface area contributed by atoms with Crippen molar-refractivity contribution in [1.82, 2.24) is 0 Å². The van der Waals surface area contributed by atoms with Gasteiger partial charge in [-0.1, -0.05) is 123 Å². The van der Waals surface area contributed by atoms with Gasteiger partial charge < -0.3 is 18.1 Å². The number of hydrogen-bond acceptors (Lipinski definition) is 4. The number of aldehydes is 1. The van der Waals surface area contributed by atoms with Crippen LogP contribution in [0.1, 0.15) is 75.2 Å². The fraction of sp³-hybridized carbons (Fsp3) is 0.639. The predicted molar refractivity (Wildman–Crippen MR) is 190 cm³/mol. The van der Waals surface area contributed by atoms with E-state index in [9.17, 15) is 4.79 Å². The molecule has 240 valence electrons. The maximum Gasteiger partial charge on any atom is 0.261 e. The molecule has 1 aliphatic carbocycles. The van der Waals surface area contributed by atoms with E-state index < -0.39 is 25.0 Å². The van der Waals surface area contributed by atoms with Crippen molar-refractivity contribution in [1.29, 1.82) is 0 Å². The van der Waals surface area contributed by atoms with Gasteiger partial charge in [0.25, 0.3) is 8.32 Å². The summed E-state index contributed by atoms with van der Waals surface area (Å²) in [5.41, 5.74) is 0. The Balaban J connectivity index is 2.12. The molecular weight excluding hydrogens is 581 g/mol. The second-order valence-electron chi connectivity index (χ2n) is 13.7. The number of benzene rings is 2. The second-order valence-corrected chi connectivity index (χ2v) is 27.5. The first-order valence-corrected chi connectivity index (χ1v) is 24.1. The van der Waals surface area contributed by atoms with Crippen LogP contribution in [0, 0.1) is 11.8 Å². The molecule has 43 heavy (non-hydrogen) atoms. The van der Waals surface area contributed by atoms with Gasteiger partial charge in [0, 0.05) is 18.9 Å². The maximum atomic E-state index is 12.3. The highest BCUT2D eigenvalue weighted by molar-refractivity contribution is 6.99. The van der Waals surface area contributed by atoms with Gasteiger partial charge in [-0.05, 0) is 64.0 Å². The van der Waals surface area contributed by atoms with Crippen molar-refractivity contribution in [3.8, 4) is 0 Å². The SMILES string of the molecule is CC[Si](CC)(CC)O[C@H]1C[C@@H](O[Si](CC)(CC)CC)[C@@H](CC=O)[C@H]1CO[Si](c1ccccc1)(c1ccccc1)C(C)(C)C. The van der Waals surface area contributed by atoms with E-state index in [1.165, 1.54) is 10.4 Å². The van der Waals surface area contributed by atoms with Crippen molar-refractivity contribution >= 4 is 41.6 Å². The molecule has 4 nitrogen and oxygen atoms in total. The third kappa shape index (κ3) is 7.72. The zero-order valence-corrected chi connectivity index (χ0v) is 31.7. The van der Waals surface area contributed by atoms with Gasteiger partial charge in [-0.15, -0.1) is 0 Å². The van der Waals surface area contributed by atoms with Crippen molar-refractivity contribution in [3.63, 3.8) is 0 Å². The van der Waals surface area contributed by atoms with Gasteiger partial charge in [-0.25, -0.2) is 0 Å². The molecule has 7 heteroatoms. The summed E-state index contributed by atoms with van der Waals surface area (Å²) in [5.74, 6) is 0.222. The van der Waals surface area contributed by atoms with Crippen molar-refractivity contribution in [2.45, 2.75) is 129 Å². The molecule has 0 amide bonds. The molecule has 0 aromatic heterocycles. The molecule has 2 aromatic rings. The van der Waals surface area contributed by atoms with Crippen LogP contribution >= 0.6 is 0 Å². The number of hydrogen-bond donors (Lipinski definition) is 0. The summed E-state index contributed by atoms with van der Waals surface area (Å²) in [6.07, 6.45) is 2.59. The van der Waals surface area contributed by atoms with E-state index in [0.717, 1.165) is 49.0 Å². The van der Waals surface area contributed by atoms with E-state index in [1.807, 2.05) is 0 Å². The quantitative estimate of drug-likeness (QED) is 0.128. The van der Waals surface area contributed by atoms with Gasteiger partial charge in [-0.3, -0.25) is 0 Å². The fourth-order valence-electron chi connectivity index (χ4n) is 7.69. The van der Waals surface area contributed by atoms with Crippen LogP contribution in [0.5, 0.6) is 0 Å². The maximum absolute atomic E-state index is 12.3. The first-order valence-electron chi connectivity index (χ1n) is 17.1. The number of rotatable bonds is 17. The van der Waals surface area contributed by atoms with E-state index in [1.54, 1.807) is 0 Å². The Morgan fingerprint density at radius 3 is 1.42 bits per heavy atom. The molecule has 0 saturated heterocycles. The summed E-state index contributed by atoms with van der Waals surface area (Å²) < 4.78 is 22.1. The van der Waals surface area contributed by atoms with Crippen LogP contribution in [0.2, 0.25) is 41.3 Å². The molecule has 0 unspecified atom stereocenters. The van der Waals surface area contributed by atoms with Gasteiger partial charge in [0.1, 0.15) is 6.29 Å². The summed E-state index contributed by atoms with van der Waals surface area (Å²) in [4.78, 5) is 12.3. The summed E-state index contributed by atoms with van der Waals surface area (Å²) in [5, 5.41) is 2.47. The molecular formula is C36H60O4Si3. The van der Waals surface area contributed by atoms with Crippen LogP contribution in [-0.2, 0) is 18.1 Å². The highest BCUT2D eigenvalue weighted by Gasteiger charge is 2.54. The van der Waals surface area contributed by atoms with E-state index in [2.05, 4.69) is 123 Å². The molecule has 4 atom stereocenters. The lowest BCUT2D eigenvalue weighted by Gasteiger charge is -2.44. The summed E-state index contributed by atoms with van der Waals surface area (Å²) in [6, 6.07) is 28.4. The third-order valence-corrected chi connectivity index (χ3v) is 25.3. The molecule has 0 heterocycles. The van der Waals surface area contributed by atoms with E-state index in [4.69, 9.17) is 13.3 Å². The third-order valence-electron chi connectivity index (χ3n) is 10.9. The summed E-state index contributed by atoms with van der Waals surface area (Å²) in [6.45, 7) is 21.4. The number of carbonyl (C=O) groups is 1. The lowest BCUT2D eigenvalue weighted by Crippen LogP contribution is -2.67. The monoisotopic (exact) mass is 640 g/mol. The number of carbonyl (C=O) groups excluding carboxylic acids is 1. The lowest BCUT2D eigenvalue weighted by molar-refractivity contribution is -0.109. The topological polar surface area (TPSA) is 44.8 Å². The van der Waals surface area contributed by atoms with Crippen molar-refractivity contribution < 1.29 is 18.1 Å². The Bertz CT molecular complexity index is 1040. The van der Waals surface area contributed by atoms with Crippen LogP contribution in [0.3, 0.4) is 0 Å². The largest absolute Gasteiger partial charge is 0.414 e. The van der Waals surface area contributed by atoms with Gasteiger partial charge in [0.05, 0.1) is 12.2 Å². The Hall–Kier alpha value is -1.36. The Labute approximate surface area is 266 Å². The standard InChI is InChI=1S/C36H60O4Si3/c1-10-41(11-2,12-3)39-34-28-35(40-42(13-4,14-5)15-6)33(32(34)26-27-37)29-38-43(36(7,8)9,30-22-18-16-19-23-30)31-24-20-17-21-25-31/h16-25,27,32-35H,10-15,26,28-29H2,1-9H3/t32-,33+,34+,35-/m0/s1. The van der Waals surface area contributed by atoms with Gasteiger partial charge in [0.15, 0.2) is 16.6 Å². The minimum atomic E-state index is -2.74. The highest BCUT2D eigenvalue weighted by Crippen LogP contribution is 2.45. The van der Waals surface area contributed by atoms with Crippen LogP contribution in [0.4, 0.5) is 0 Å². The lowest BCUT2D eigenvalue weighted by atomic mass is 9.92. The first kappa shape index (κ1) is 36.1. The van der Waals surface area contributed by atoms with Crippen molar-refractivity contribution in [3.05, 3.63) is 60.7 Å². The molecule has 1 aliphatic rings. The molecule has 3 rings (SSSR count). The minimum absolute atomic E-state index is 0.0479. The van der Waals surface area contributed by atoms with Crippen molar-refractivity contribution in [2.24, 2.45) is 11.8 Å². The van der Waals surface area contributed by atoms with Gasteiger partial charge in [-0.2, -0.15) is 0 Å². The molecule has 0 N–H and O–H groups in total. The molecule has 1 fully saturated rings. The van der Waals surface area contributed by atoms with Crippen LogP contribution in [0.15, 0.2) is 60.7 Å². The smallest absolute Gasteiger partial charge is 0.261 e.